The van der Waals surface area contributed by atoms with E-state index in [0.717, 1.165) is 0 Å². The minimum atomic E-state index is -0.143. The van der Waals surface area contributed by atoms with Crippen LogP contribution in [0.15, 0.2) is 21.5 Å². The number of thiocarbonyl (C=S) groups is 1. The third kappa shape index (κ3) is 4.29. The van der Waals surface area contributed by atoms with Gasteiger partial charge in [0.1, 0.15) is 32.5 Å². The number of ether oxygens (including phenoxy) is 1. The molecular formula is C17H10Cl5NO3S2. The van der Waals surface area contributed by atoms with Crippen LogP contribution in [0.25, 0.3) is 6.08 Å². The Bertz CT molecular complexity index is 976. The second-order valence-corrected chi connectivity index (χ2v) is 8.98. The zero-order valence-electron chi connectivity index (χ0n) is 14.0. The Balaban J connectivity index is 1.76. The highest BCUT2D eigenvalue weighted by Crippen LogP contribution is 2.48. The fourth-order valence-electron chi connectivity index (χ4n) is 2.31. The van der Waals surface area contributed by atoms with Gasteiger partial charge in [-0.15, -0.1) is 0 Å². The highest BCUT2D eigenvalue weighted by molar-refractivity contribution is 8.26. The molecule has 0 radical (unpaired) electrons. The average Bonchev–Trinajstić information content (AvgIpc) is 3.22. The molecule has 148 valence electrons. The maximum atomic E-state index is 12.3. The molecule has 0 saturated carbocycles. The summed E-state index contributed by atoms with van der Waals surface area (Å²) < 4.78 is 11.8. The van der Waals surface area contributed by atoms with Crippen LogP contribution in [0.5, 0.6) is 5.75 Å². The predicted molar refractivity (Wildman–Crippen MR) is 120 cm³/mol. The van der Waals surface area contributed by atoms with Crippen molar-refractivity contribution >= 4 is 98.3 Å². The lowest BCUT2D eigenvalue weighted by atomic mass is 10.3. The number of amides is 1. The highest BCUT2D eigenvalue weighted by atomic mass is 35.5. The summed E-state index contributed by atoms with van der Waals surface area (Å²) in [7, 11) is 0. The van der Waals surface area contributed by atoms with Crippen molar-refractivity contribution in [3.05, 3.63) is 53.7 Å². The van der Waals surface area contributed by atoms with Gasteiger partial charge in [0.25, 0.3) is 5.91 Å². The number of hydrogen-bond donors (Lipinski definition) is 0. The van der Waals surface area contributed by atoms with Crippen molar-refractivity contribution in [1.29, 1.82) is 0 Å². The molecule has 3 rings (SSSR count). The molecule has 0 atom stereocenters. The van der Waals surface area contributed by atoms with E-state index in [9.17, 15) is 4.79 Å². The Kier molecular flexibility index (Phi) is 7.14. The maximum Gasteiger partial charge on any atom is 0.266 e. The van der Waals surface area contributed by atoms with Crippen LogP contribution in [0.4, 0.5) is 0 Å². The average molecular weight is 518 g/mol. The van der Waals surface area contributed by atoms with Crippen LogP contribution < -0.4 is 4.74 Å². The van der Waals surface area contributed by atoms with E-state index in [-0.39, 0.29) is 43.4 Å². The number of rotatable bonds is 5. The first kappa shape index (κ1) is 22.1. The Hall–Kier alpha value is -0.600. The summed E-state index contributed by atoms with van der Waals surface area (Å²) in [6, 6.07) is 3.41. The number of hydrogen-bond acceptors (Lipinski definition) is 5. The van der Waals surface area contributed by atoms with Crippen LogP contribution in [-0.4, -0.2) is 21.7 Å². The van der Waals surface area contributed by atoms with Crippen LogP contribution >= 0.6 is 82.0 Å². The molecule has 1 aromatic heterocycles. The first-order chi connectivity index (χ1) is 13.2. The molecule has 1 saturated heterocycles. The van der Waals surface area contributed by atoms with Crippen LogP contribution in [0.2, 0.25) is 25.1 Å². The summed E-state index contributed by atoms with van der Waals surface area (Å²) in [5, 5.41) is 0.249. The number of carbonyl (C=O) groups is 1. The molecular weight excluding hydrogens is 508 g/mol. The normalized spacial score (nSPS) is 15.8. The van der Waals surface area contributed by atoms with Crippen molar-refractivity contribution in [3.63, 3.8) is 0 Å². The molecule has 1 aromatic carbocycles. The van der Waals surface area contributed by atoms with Crippen LogP contribution in [-0.2, 0) is 11.4 Å². The van der Waals surface area contributed by atoms with Crippen molar-refractivity contribution in [2.24, 2.45) is 0 Å². The van der Waals surface area contributed by atoms with Gasteiger partial charge in [0.2, 0.25) is 0 Å². The number of likely N-dealkylation sites (N-methyl/N-ethyl adjacent to an activating group) is 1. The number of benzene rings is 1. The summed E-state index contributed by atoms with van der Waals surface area (Å²) in [4.78, 5) is 14.3. The van der Waals surface area contributed by atoms with Gasteiger partial charge in [0.05, 0.1) is 20.0 Å². The summed E-state index contributed by atoms with van der Waals surface area (Å²) in [6.07, 6.45) is 1.63. The molecule has 2 heterocycles. The summed E-state index contributed by atoms with van der Waals surface area (Å²) >= 11 is 36.7. The molecule has 28 heavy (non-hydrogen) atoms. The van der Waals surface area contributed by atoms with Crippen molar-refractivity contribution in [2.45, 2.75) is 13.5 Å². The SMILES string of the molecule is CCN1C(=O)C(=Cc2ccc(COc3c(Cl)c(Cl)c(Cl)c(Cl)c3Cl)o2)SC1=S. The first-order valence-electron chi connectivity index (χ1n) is 7.72. The zero-order chi connectivity index (χ0) is 20.6. The fourth-order valence-corrected chi connectivity index (χ4v) is 4.90. The van der Waals surface area contributed by atoms with Crippen LogP contribution in [0.3, 0.4) is 0 Å². The Morgan fingerprint density at radius 2 is 1.71 bits per heavy atom. The largest absolute Gasteiger partial charge is 0.482 e. The molecule has 0 aliphatic carbocycles. The third-order valence-corrected chi connectivity index (χ3v) is 7.29. The van der Waals surface area contributed by atoms with E-state index in [2.05, 4.69) is 0 Å². The topological polar surface area (TPSA) is 42.7 Å². The molecule has 0 spiro atoms. The standard InChI is InChI=1S/C17H10Cl5NO3S2/c1-2-23-16(24)9(28-17(23)27)5-7-3-4-8(26-7)6-25-15-13(21)11(19)10(18)12(20)14(15)22/h3-5H,2,6H2,1H3. The highest BCUT2D eigenvalue weighted by Gasteiger charge is 2.31. The van der Waals surface area contributed by atoms with E-state index in [4.69, 9.17) is 79.4 Å². The quantitative estimate of drug-likeness (QED) is 0.180. The Morgan fingerprint density at radius 3 is 2.29 bits per heavy atom. The second kappa shape index (κ2) is 9.04. The minimum Gasteiger partial charge on any atom is -0.482 e. The molecule has 1 aliphatic heterocycles. The molecule has 0 bridgehead atoms. The van der Waals surface area contributed by atoms with E-state index in [0.29, 0.717) is 27.3 Å². The van der Waals surface area contributed by atoms with Gasteiger partial charge in [-0.3, -0.25) is 9.69 Å². The van der Waals surface area contributed by atoms with E-state index < -0.39 is 0 Å². The summed E-state index contributed by atoms with van der Waals surface area (Å²) in [5.41, 5.74) is 0. The predicted octanol–water partition coefficient (Wildman–Crippen LogP) is 7.35. The molecule has 1 aliphatic rings. The second-order valence-electron chi connectivity index (χ2n) is 5.42. The number of thioether (sulfide) groups is 1. The number of halogens is 5. The van der Waals surface area contributed by atoms with Crippen LogP contribution in [0, 0.1) is 0 Å². The van der Waals surface area contributed by atoms with E-state index in [1.807, 2.05) is 6.92 Å². The van der Waals surface area contributed by atoms with Crippen molar-refractivity contribution in [1.82, 2.24) is 4.90 Å². The van der Waals surface area contributed by atoms with Gasteiger partial charge in [-0.2, -0.15) is 0 Å². The molecule has 1 amide bonds. The van der Waals surface area contributed by atoms with E-state index >= 15 is 0 Å². The van der Waals surface area contributed by atoms with Gasteiger partial charge in [-0.25, -0.2) is 0 Å². The third-order valence-electron chi connectivity index (χ3n) is 3.67. The van der Waals surface area contributed by atoms with Gasteiger partial charge in [0.15, 0.2) is 5.75 Å². The van der Waals surface area contributed by atoms with Crippen molar-refractivity contribution < 1.29 is 13.9 Å². The molecule has 0 unspecified atom stereocenters. The molecule has 2 aromatic rings. The lowest BCUT2D eigenvalue weighted by Gasteiger charge is -2.12. The van der Waals surface area contributed by atoms with E-state index in [1.165, 1.54) is 16.7 Å². The summed E-state index contributed by atoms with van der Waals surface area (Å²) in [6.45, 7) is 2.39. The molecule has 1 fully saturated rings. The first-order valence-corrected chi connectivity index (χ1v) is 10.8. The smallest absolute Gasteiger partial charge is 0.266 e. The molecule has 0 N–H and O–H groups in total. The minimum absolute atomic E-state index is 0.0114. The zero-order valence-corrected chi connectivity index (χ0v) is 19.4. The molecule has 4 nitrogen and oxygen atoms in total. The monoisotopic (exact) mass is 515 g/mol. The molecule has 11 heteroatoms. The van der Waals surface area contributed by atoms with Gasteiger partial charge >= 0.3 is 0 Å². The van der Waals surface area contributed by atoms with Crippen molar-refractivity contribution in [3.8, 4) is 5.75 Å². The number of nitrogens with zero attached hydrogens (tertiary/aromatic N) is 1. The Labute approximate surface area is 195 Å². The Morgan fingerprint density at radius 1 is 1.11 bits per heavy atom. The van der Waals surface area contributed by atoms with Crippen molar-refractivity contribution in [2.75, 3.05) is 6.54 Å². The van der Waals surface area contributed by atoms with Gasteiger partial charge in [-0.05, 0) is 19.1 Å². The summed E-state index contributed by atoms with van der Waals surface area (Å²) in [5.74, 6) is 0.923. The van der Waals surface area contributed by atoms with Gasteiger partial charge in [-0.1, -0.05) is 82.0 Å². The number of carbonyl (C=O) groups excluding carboxylic acids is 1. The van der Waals surface area contributed by atoms with Gasteiger partial charge in [0, 0.05) is 12.6 Å². The van der Waals surface area contributed by atoms with Gasteiger partial charge < -0.3 is 9.15 Å². The number of furan rings is 1. The fraction of sp³-hybridized carbons (Fsp3) is 0.176. The lowest BCUT2D eigenvalue weighted by Crippen LogP contribution is -2.27. The van der Waals surface area contributed by atoms with Crippen LogP contribution in [0.1, 0.15) is 18.4 Å². The lowest BCUT2D eigenvalue weighted by molar-refractivity contribution is -0.121. The maximum absolute atomic E-state index is 12.3. The van der Waals surface area contributed by atoms with E-state index in [1.54, 1.807) is 18.2 Å².